The molecule has 78 valence electrons. The van der Waals surface area contributed by atoms with Gasteiger partial charge in [-0.2, -0.15) is 5.26 Å². The number of nitrogens with zero attached hydrogens (tertiary/aromatic N) is 1. The molecule has 1 amide bonds. The number of amides is 1. The number of carbonyl (C=O) groups excluding carboxylic acids is 1. The van der Waals surface area contributed by atoms with Crippen molar-refractivity contribution in [3.63, 3.8) is 0 Å². The molecular formula is C11H8N4O. The van der Waals surface area contributed by atoms with E-state index in [-0.39, 0.29) is 5.84 Å². The van der Waals surface area contributed by atoms with Crippen LogP contribution in [0.15, 0.2) is 30.3 Å². The Morgan fingerprint density at radius 2 is 2.12 bits per heavy atom. The average Bonchev–Trinajstić information content (AvgIpc) is 2.57. The zero-order valence-electron chi connectivity index (χ0n) is 8.24. The van der Waals surface area contributed by atoms with Gasteiger partial charge in [-0.15, -0.1) is 0 Å². The summed E-state index contributed by atoms with van der Waals surface area (Å²) < 4.78 is 0. The molecule has 1 heterocycles. The van der Waals surface area contributed by atoms with Crippen LogP contribution in [0.3, 0.4) is 0 Å². The predicted octanol–water partition coefficient (Wildman–Crippen LogP) is 0.553. The molecule has 0 unspecified atom stereocenters. The molecule has 0 aromatic heterocycles. The Labute approximate surface area is 91.9 Å². The predicted molar refractivity (Wildman–Crippen MR) is 58.1 cm³/mol. The standard InChI is InChI=1S/C11H8N4O/c12-6-14-10(16)5-9-7-3-1-2-4-8(7)11(13)15-9/h1-5H,(H2,13,15)(H,14,16)/b9-5-. The van der Waals surface area contributed by atoms with Gasteiger partial charge in [-0.3, -0.25) is 15.5 Å². The molecule has 2 rings (SSSR count). The number of rotatable bonds is 1. The normalized spacial score (nSPS) is 15.2. The minimum absolute atomic E-state index is 0.256. The number of carbonyl (C=O) groups is 1. The molecule has 0 spiro atoms. The van der Waals surface area contributed by atoms with E-state index in [9.17, 15) is 4.79 Å². The van der Waals surface area contributed by atoms with Crippen molar-refractivity contribution in [1.29, 1.82) is 10.7 Å². The minimum Gasteiger partial charge on any atom is -0.340 e. The summed E-state index contributed by atoms with van der Waals surface area (Å²) in [6, 6.07) is 7.27. The second-order valence-corrected chi connectivity index (χ2v) is 3.20. The number of fused-ring (bicyclic) bond motifs is 1. The van der Waals surface area contributed by atoms with Crippen molar-refractivity contribution in [3.8, 4) is 6.19 Å². The summed E-state index contributed by atoms with van der Waals surface area (Å²) in [5.74, 6) is -0.249. The lowest BCUT2D eigenvalue weighted by molar-refractivity contribution is -0.115. The van der Waals surface area contributed by atoms with Crippen LogP contribution in [0.2, 0.25) is 0 Å². The van der Waals surface area contributed by atoms with Crippen molar-refractivity contribution in [2.24, 2.45) is 0 Å². The van der Waals surface area contributed by atoms with Gasteiger partial charge in [-0.25, -0.2) is 0 Å². The molecule has 1 aliphatic rings. The number of nitrogens with one attached hydrogen (secondary N) is 3. The van der Waals surface area contributed by atoms with Crippen molar-refractivity contribution >= 4 is 17.4 Å². The van der Waals surface area contributed by atoms with Gasteiger partial charge >= 0.3 is 0 Å². The molecule has 0 bridgehead atoms. The molecule has 5 heteroatoms. The summed E-state index contributed by atoms with van der Waals surface area (Å²) in [5, 5.41) is 20.7. The third-order valence-corrected chi connectivity index (χ3v) is 2.20. The minimum atomic E-state index is -0.505. The molecule has 0 radical (unpaired) electrons. The molecule has 3 N–H and O–H groups in total. The Morgan fingerprint density at radius 1 is 1.44 bits per heavy atom. The first-order chi connectivity index (χ1) is 7.72. The van der Waals surface area contributed by atoms with Gasteiger partial charge in [-0.05, 0) is 0 Å². The lowest BCUT2D eigenvalue weighted by Gasteiger charge is -1.98. The maximum Gasteiger partial charge on any atom is 0.259 e. The molecule has 1 aliphatic heterocycles. The fourth-order valence-electron chi connectivity index (χ4n) is 1.54. The summed E-state index contributed by atoms with van der Waals surface area (Å²) in [6.07, 6.45) is 2.82. The van der Waals surface area contributed by atoms with Crippen LogP contribution in [0.5, 0.6) is 0 Å². The van der Waals surface area contributed by atoms with Gasteiger partial charge in [0.15, 0.2) is 6.19 Å². The first-order valence-electron chi connectivity index (χ1n) is 4.58. The monoisotopic (exact) mass is 212 g/mol. The maximum atomic E-state index is 11.2. The number of amidine groups is 1. The molecule has 0 aliphatic carbocycles. The molecule has 5 nitrogen and oxygen atoms in total. The van der Waals surface area contributed by atoms with Gasteiger partial charge in [0.05, 0.1) is 5.70 Å². The number of hydrogen-bond acceptors (Lipinski definition) is 3. The molecular weight excluding hydrogens is 204 g/mol. The van der Waals surface area contributed by atoms with Crippen molar-refractivity contribution < 1.29 is 4.79 Å². The number of hydrogen-bond donors (Lipinski definition) is 3. The fourth-order valence-corrected chi connectivity index (χ4v) is 1.54. The topological polar surface area (TPSA) is 88.8 Å². The molecule has 0 saturated heterocycles. The third-order valence-electron chi connectivity index (χ3n) is 2.20. The largest absolute Gasteiger partial charge is 0.340 e. The first-order valence-corrected chi connectivity index (χ1v) is 4.58. The Kier molecular flexibility index (Phi) is 2.40. The third kappa shape index (κ3) is 1.64. The van der Waals surface area contributed by atoms with Crippen LogP contribution in [0.1, 0.15) is 11.1 Å². The lowest BCUT2D eigenvalue weighted by Crippen LogP contribution is -2.18. The SMILES string of the molecule is N#CNC(=O)/C=C1\NC(=N)c2ccccc21. The van der Waals surface area contributed by atoms with Crippen LogP contribution in [0.4, 0.5) is 0 Å². The lowest BCUT2D eigenvalue weighted by atomic mass is 10.1. The number of benzene rings is 1. The van der Waals surface area contributed by atoms with Crippen LogP contribution in [-0.2, 0) is 4.79 Å². The van der Waals surface area contributed by atoms with E-state index in [0.29, 0.717) is 5.70 Å². The van der Waals surface area contributed by atoms with Crippen LogP contribution < -0.4 is 10.6 Å². The van der Waals surface area contributed by atoms with Crippen LogP contribution >= 0.6 is 0 Å². The Morgan fingerprint density at radius 3 is 2.81 bits per heavy atom. The molecule has 1 aromatic rings. The smallest absolute Gasteiger partial charge is 0.259 e. The van der Waals surface area contributed by atoms with E-state index in [1.54, 1.807) is 12.3 Å². The van der Waals surface area contributed by atoms with E-state index < -0.39 is 5.91 Å². The second kappa shape index (κ2) is 3.87. The summed E-state index contributed by atoms with van der Waals surface area (Å²) in [5.41, 5.74) is 2.08. The molecule has 0 fully saturated rings. The Bertz CT molecular complexity index is 539. The highest BCUT2D eigenvalue weighted by Crippen LogP contribution is 2.23. The highest BCUT2D eigenvalue weighted by atomic mass is 16.1. The summed E-state index contributed by atoms with van der Waals surface area (Å²) in [4.78, 5) is 11.2. The highest BCUT2D eigenvalue weighted by Gasteiger charge is 2.20. The van der Waals surface area contributed by atoms with E-state index >= 15 is 0 Å². The number of nitriles is 1. The van der Waals surface area contributed by atoms with E-state index in [1.807, 2.05) is 23.5 Å². The molecule has 16 heavy (non-hydrogen) atoms. The molecule has 0 atom stereocenters. The van der Waals surface area contributed by atoms with Crippen molar-refractivity contribution in [3.05, 3.63) is 41.5 Å². The van der Waals surface area contributed by atoms with Gasteiger partial charge < -0.3 is 5.32 Å². The second-order valence-electron chi connectivity index (χ2n) is 3.20. The quantitative estimate of drug-likeness (QED) is 0.361. The van der Waals surface area contributed by atoms with Gasteiger partial charge in [-0.1, -0.05) is 24.3 Å². The van der Waals surface area contributed by atoms with E-state index in [0.717, 1.165) is 11.1 Å². The fraction of sp³-hybridized carbons (Fsp3) is 0. The zero-order chi connectivity index (χ0) is 11.5. The van der Waals surface area contributed by atoms with E-state index in [1.165, 1.54) is 6.08 Å². The van der Waals surface area contributed by atoms with E-state index in [4.69, 9.17) is 10.7 Å². The van der Waals surface area contributed by atoms with Crippen molar-refractivity contribution in [2.45, 2.75) is 0 Å². The summed E-state index contributed by atoms with van der Waals surface area (Å²) >= 11 is 0. The molecule has 0 saturated carbocycles. The summed E-state index contributed by atoms with van der Waals surface area (Å²) in [7, 11) is 0. The van der Waals surface area contributed by atoms with Crippen LogP contribution in [0, 0.1) is 16.9 Å². The highest BCUT2D eigenvalue weighted by molar-refractivity contribution is 6.13. The van der Waals surface area contributed by atoms with Gasteiger partial charge in [0.25, 0.3) is 5.91 Å². The van der Waals surface area contributed by atoms with Crippen molar-refractivity contribution in [1.82, 2.24) is 10.6 Å². The van der Waals surface area contributed by atoms with Gasteiger partial charge in [0.2, 0.25) is 0 Å². The van der Waals surface area contributed by atoms with Gasteiger partial charge in [0, 0.05) is 17.2 Å². The summed E-state index contributed by atoms with van der Waals surface area (Å²) in [6.45, 7) is 0. The first kappa shape index (κ1) is 9.93. The molecule has 1 aromatic carbocycles. The van der Waals surface area contributed by atoms with Crippen LogP contribution in [0.25, 0.3) is 5.70 Å². The van der Waals surface area contributed by atoms with Crippen LogP contribution in [-0.4, -0.2) is 11.7 Å². The Balaban J connectivity index is 2.38. The zero-order valence-corrected chi connectivity index (χ0v) is 8.24. The maximum absolute atomic E-state index is 11.2. The van der Waals surface area contributed by atoms with E-state index in [2.05, 4.69) is 5.32 Å². The van der Waals surface area contributed by atoms with Gasteiger partial charge in [0.1, 0.15) is 5.84 Å². The van der Waals surface area contributed by atoms with Crippen molar-refractivity contribution in [2.75, 3.05) is 0 Å². The Hall–Kier alpha value is -2.61. The average molecular weight is 212 g/mol.